The van der Waals surface area contributed by atoms with Crippen LogP contribution in [-0.4, -0.2) is 71.4 Å². The van der Waals surface area contributed by atoms with Crippen molar-refractivity contribution >= 4 is 17.6 Å². The third-order valence-corrected chi connectivity index (χ3v) is 3.72. The number of anilines is 1. The monoisotopic (exact) mass is 365 g/mol. The molecule has 0 radical (unpaired) electrons. The normalized spacial score (nSPS) is 14.6. The summed E-state index contributed by atoms with van der Waals surface area (Å²) in [5.74, 6) is -1.63. The zero-order valence-corrected chi connectivity index (χ0v) is 15.3. The van der Waals surface area contributed by atoms with E-state index in [-0.39, 0.29) is 0 Å². The molecule has 0 atom stereocenters. The van der Waals surface area contributed by atoms with Gasteiger partial charge in [-0.3, -0.25) is 4.98 Å². The lowest BCUT2D eigenvalue weighted by Gasteiger charge is -2.35. The molecule has 1 saturated heterocycles. The fourth-order valence-electron chi connectivity index (χ4n) is 2.34. The van der Waals surface area contributed by atoms with Gasteiger partial charge in [0.2, 0.25) is 0 Å². The summed E-state index contributed by atoms with van der Waals surface area (Å²) in [5, 5.41) is 15.6. The van der Waals surface area contributed by atoms with E-state index in [9.17, 15) is 9.59 Å². The lowest BCUT2D eigenvalue weighted by molar-refractivity contribution is -0.134. The third-order valence-electron chi connectivity index (χ3n) is 3.72. The molecular weight excluding hydrogens is 338 g/mol. The van der Waals surface area contributed by atoms with E-state index in [2.05, 4.69) is 34.7 Å². The molecule has 1 aromatic rings. The van der Waals surface area contributed by atoms with Crippen molar-refractivity contribution in [3.63, 3.8) is 0 Å². The van der Waals surface area contributed by atoms with Crippen molar-refractivity contribution in [3.05, 3.63) is 30.6 Å². The quantitative estimate of drug-likeness (QED) is 0.704. The first-order valence-corrected chi connectivity index (χ1v) is 8.65. The van der Waals surface area contributed by atoms with Crippen LogP contribution in [0.5, 0.6) is 5.75 Å². The SMILES string of the molecule is CCCOc1cncc(N2CCN(CC)CC2)c1.O=C(O)/C=C/C(=O)O. The van der Waals surface area contributed by atoms with Gasteiger partial charge >= 0.3 is 11.9 Å². The number of carbonyl (C=O) groups is 2. The molecule has 8 heteroatoms. The Morgan fingerprint density at radius 3 is 2.23 bits per heavy atom. The van der Waals surface area contributed by atoms with E-state index in [0.29, 0.717) is 12.2 Å². The number of ether oxygens (including phenoxy) is 1. The van der Waals surface area contributed by atoms with Gasteiger partial charge in [-0.1, -0.05) is 13.8 Å². The second kappa shape index (κ2) is 11.9. The fraction of sp³-hybridized carbons (Fsp3) is 0.500. The van der Waals surface area contributed by atoms with Crippen LogP contribution in [0, 0.1) is 0 Å². The summed E-state index contributed by atoms with van der Waals surface area (Å²) < 4.78 is 5.63. The zero-order chi connectivity index (χ0) is 19.4. The van der Waals surface area contributed by atoms with Gasteiger partial charge in [-0.15, -0.1) is 0 Å². The highest BCUT2D eigenvalue weighted by atomic mass is 16.5. The van der Waals surface area contributed by atoms with E-state index in [0.717, 1.165) is 51.5 Å². The van der Waals surface area contributed by atoms with Gasteiger partial charge in [-0.2, -0.15) is 0 Å². The summed E-state index contributed by atoms with van der Waals surface area (Å²) in [7, 11) is 0. The second-order valence-electron chi connectivity index (χ2n) is 5.66. The van der Waals surface area contributed by atoms with Crippen molar-refractivity contribution in [1.29, 1.82) is 0 Å². The molecule has 0 unspecified atom stereocenters. The number of aliphatic carboxylic acids is 2. The Bertz CT molecular complexity index is 582. The largest absolute Gasteiger partial charge is 0.492 e. The molecule has 0 bridgehead atoms. The molecule has 2 rings (SSSR count). The Balaban J connectivity index is 0.000000359. The summed E-state index contributed by atoms with van der Waals surface area (Å²) in [5.41, 5.74) is 1.18. The number of carboxylic acids is 2. The molecule has 144 valence electrons. The molecule has 0 saturated carbocycles. The maximum atomic E-state index is 9.55. The topological polar surface area (TPSA) is 103 Å². The van der Waals surface area contributed by atoms with Crippen molar-refractivity contribution in [2.45, 2.75) is 20.3 Å². The van der Waals surface area contributed by atoms with Gasteiger partial charge in [0.15, 0.2) is 0 Å². The second-order valence-corrected chi connectivity index (χ2v) is 5.66. The number of carboxylic acid groups (broad SMARTS) is 2. The molecule has 2 N–H and O–H groups in total. The van der Waals surface area contributed by atoms with Crippen molar-refractivity contribution in [2.24, 2.45) is 0 Å². The lowest BCUT2D eigenvalue weighted by Crippen LogP contribution is -2.46. The predicted octanol–water partition coefficient (Wildman–Crippen LogP) is 1.72. The number of piperazine rings is 1. The van der Waals surface area contributed by atoms with Crippen molar-refractivity contribution in [3.8, 4) is 5.75 Å². The van der Waals surface area contributed by atoms with Crippen LogP contribution in [0.25, 0.3) is 0 Å². The highest BCUT2D eigenvalue weighted by Crippen LogP contribution is 2.20. The maximum Gasteiger partial charge on any atom is 0.328 e. The van der Waals surface area contributed by atoms with Crippen LogP contribution in [-0.2, 0) is 9.59 Å². The molecule has 1 fully saturated rings. The standard InChI is InChI=1S/C14H23N3O.C4H4O4/c1-3-9-18-14-10-13(11-15-12-14)17-7-5-16(4-2)6-8-17;5-3(6)1-2-4(7)8/h10-12H,3-9H2,1-2H3;1-2H,(H,5,6)(H,7,8)/b;2-1+. The number of hydrogen-bond donors (Lipinski definition) is 2. The summed E-state index contributed by atoms with van der Waals surface area (Å²) in [4.78, 5) is 28.2. The molecule has 0 aliphatic carbocycles. The average Bonchev–Trinajstić information content (AvgIpc) is 2.65. The van der Waals surface area contributed by atoms with Crippen LogP contribution in [0.15, 0.2) is 30.6 Å². The lowest BCUT2D eigenvalue weighted by atomic mass is 10.2. The first-order chi connectivity index (χ1) is 12.5. The van der Waals surface area contributed by atoms with E-state index in [1.807, 2.05) is 6.20 Å². The maximum absolute atomic E-state index is 9.55. The summed E-state index contributed by atoms with van der Waals surface area (Å²) in [6, 6.07) is 2.10. The minimum Gasteiger partial charge on any atom is -0.492 e. The van der Waals surface area contributed by atoms with Crippen molar-refractivity contribution in [2.75, 3.05) is 44.2 Å². The van der Waals surface area contributed by atoms with Crippen molar-refractivity contribution in [1.82, 2.24) is 9.88 Å². The summed E-state index contributed by atoms with van der Waals surface area (Å²) >= 11 is 0. The third kappa shape index (κ3) is 8.48. The van der Waals surface area contributed by atoms with Gasteiger partial charge in [0, 0.05) is 44.4 Å². The first-order valence-electron chi connectivity index (χ1n) is 8.65. The van der Waals surface area contributed by atoms with Crippen LogP contribution in [0.1, 0.15) is 20.3 Å². The Hall–Kier alpha value is -2.61. The number of nitrogens with zero attached hydrogens (tertiary/aromatic N) is 3. The molecule has 8 nitrogen and oxygen atoms in total. The van der Waals surface area contributed by atoms with E-state index in [1.54, 1.807) is 6.20 Å². The van der Waals surface area contributed by atoms with Crippen LogP contribution in [0.2, 0.25) is 0 Å². The minimum atomic E-state index is -1.26. The highest BCUT2D eigenvalue weighted by molar-refractivity contribution is 5.89. The molecule has 0 spiro atoms. The van der Waals surface area contributed by atoms with E-state index in [1.165, 1.54) is 5.69 Å². The molecule has 1 aromatic heterocycles. The predicted molar refractivity (Wildman–Crippen MR) is 98.8 cm³/mol. The number of likely N-dealkylation sites (N-methyl/N-ethyl adjacent to an activating group) is 1. The Morgan fingerprint density at radius 1 is 1.12 bits per heavy atom. The van der Waals surface area contributed by atoms with Crippen LogP contribution < -0.4 is 9.64 Å². The molecule has 1 aliphatic heterocycles. The molecule has 1 aliphatic rings. The van der Waals surface area contributed by atoms with Gasteiger partial charge in [-0.05, 0) is 13.0 Å². The fourth-order valence-corrected chi connectivity index (χ4v) is 2.34. The Morgan fingerprint density at radius 2 is 1.73 bits per heavy atom. The average molecular weight is 365 g/mol. The van der Waals surface area contributed by atoms with Crippen molar-refractivity contribution < 1.29 is 24.5 Å². The zero-order valence-electron chi connectivity index (χ0n) is 15.3. The molecule has 0 aromatic carbocycles. The number of pyridine rings is 1. The van der Waals surface area contributed by atoms with Gasteiger partial charge in [0.05, 0.1) is 24.7 Å². The van der Waals surface area contributed by atoms with Gasteiger partial charge < -0.3 is 24.7 Å². The van der Waals surface area contributed by atoms with E-state index >= 15 is 0 Å². The smallest absolute Gasteiger partial charge is 0.328 e. The Kier molecular flexibility index (Phi) is 9.78. The van der Waals surface area contributed by atoms with E-state index in [4.69, 9.17) is 14.9 Å². The Labute approximate surface area is 153 Å². The summed E-state index contributed by atoms with van der Waals surface area (Å²) in [6.07, 6.45) is 5.87. The van der Waals surface area contributed by atoms with Crippen LogP contribution in [0.3, 0.4) is 0 Å². The number of rotatable bonds is 7. The minimum absolute atomic E-state index is 0.558. The summed E-state index contributed by atoms with van der Waals surface area (Å²) in [6.45, 7) is 10.7. The van der Waals surface area contributed by atoms with E-state index < -0.39 is 11.9 Å². The first kappa shape index (κ1) is 21.4. The molecule has 0 amide bonds. The van der Waals surface area contributed by atoms with Crippen LogP contribution >= 0.6 is 0 Å². The molecular formula is C18H27N3O5. The number of hydrogen-bond acceptors (Lipinski definition) is 6. The highest BCUT2D eigenvalue weighted by Gasteiger charge is 2.16. The van der Waals surface area contributed by atoms with Crippen LogP contribution in [0.4, 0.5) is 5.69 Å². The molecule has 26 heavy (non-hydrogen) atoms. The van der Waals surface area contributed by atoms with Gasteiger partial charge in [0.1, 0.15) is 5.75 Å². The van der Waals surface area contributed by atoms with Gasteiger partial charge in [0.25, 0.3) is 0 Å². The van der Waals surface area contributed by atoms with Gasteiger partial charge in [-0.25, -0.2) is 9.59 Å². The molecule has 2 heterocycles. The number of aromatic nitrogens is 1.